The maximum Gasteiger partial charge on any atom is 0.330 e. The molecule has 1 saturated carbocycles. The van der Waals surface area contributed by atoms with Crippen LogP contribution in [0.15, 0.2) is 12.7 Å². The minimum atomic E-state index is -0.509. The molecule has 1 aliphatic rings. The minimum Gasteiger partial charge on any atom is -0.462 e. The van der Waals surface area contributed by atoms with Crippen LogP contribution in [0.2, 0.25) is 0 Å². The van der Waals surface area contributed by atoms with E-state index in [0.29, 0.717) is 0 Å². The molecule has 0 saturated heterocycles. The van der Waals surface area contributed by atoms with Crippen molar-refractivity contribution in [2.75, 3.05) is 6.61 Å². The second-order valence-electron chi connectivity index (χ2n) is 3.87. The molecule has 0 N–H and O–H groups in total. The summed E-state index contributed by atoms with van der Waals surface area (Å²) in [6, 6.07) is 0. The van der Waals surface area contributed by atoms with E-state index >= 15 is 0 Å². The Labute approximate surface area is 95.6 Å². The van der Waals surface area contributed by atoms with Gasteiger partial charge in [-0.25, -0.2) is 4.79 Å². The number of carbonyl (C=O) groups is 2. The van der Waals surface area contributed by atoms with Crippen LogP contribution in [0.1, 0.15) is 38.5 Å². The monoisotopic (exact) mass is 226 g/mol. The first-order valence-corrected chi connectivity index (χ1v) is 5.71. The summed E-state index contributed by atoms with van der Waals surface area (Å²) < 4.78 is 9.94. The largest absolute Gasteiger partial charge is 0.462 e. The van der Waals surface area contributed by atoms with Crippen LogP contribution in [0, 0.1) is 0 Å². The Kier molecular flexibility index (Phi) is 5.61. The highest BCUT2D eigenvalue weighted by molar-refractivity contribution is 5.81. The van der Waals surface area contributed by atoms with Crippen LogP contribution in [-0.2, 0) is 19.1 Å². The highest BCUT2D eigenvalue weighted by atomic mass is 16.6. The van der Waals surface area contributed by atoms with Crippen LogP contribution >= 0.6 is 0 Å². The zero-order valence-electron chi connectivity index (χ0n) is 9.44. The van der Waals surface area contributed by atoms with Crippen LogP contribution in [0.3, 0.4) is 0 Å². The fraction of sp³-hybridized carbons (Fsp3) is 0.667. The fourth-order valence-corrected chi connectivity index (χ4v) is 1.72. The van der Waals surface area contributed by atoms with Crippen molar-refractivity contribution in [3.8, 4) is 0 Å². The highest BCUT2D eigenvalue weighted by Gasteiger charge is 2.17. The van der Waals surface area contributed by atoms with Gasteiger partial charge in [-0.2, -0.15) is 0 Å². The third-order valence-electron chi connectivity index (χ3n) is 2.57. The van der Waals surface area contributed by atoms with Gasteiger partial charge in [-0.3, -0.25) is 4.79 Å². The molecule has 90 valence electrons. The van der Waals surface area contributed by atoms with Crippen LogP contribution in [0.25, 0.3) is 0 Å². The first-order chi connectivity index (χ1) is 7.72. The summed E-state index contributed by atoms with van der Waals surface area (Å²) in [4.78, 5) is 22.0. The van der Waals surface area contributed by atoms with E-state index in [9.17, 15) is 9.59 Å². The van der Waals surface area contributed by atoms with E-state index in [-0.39, 0.29) is 25.1 Å². The Bertz CT molecular complexity index is 254. The molecular weight excluding hydrogens is 208 g/mol. The van der Waals surface area contributed by atoms with Crippen LogP contribution < -0.4 is 0 Å². The number of ether oxygens (including phenoxy) is 2. The number of carbonyl (C=O) groups excluding carboxylic acids is 2. The molecule has 0 radical (unpaired) electrons. The van der Waals surface area contributed by atoms with Crippen LogP contribution in [0.4, 0.5) is 0 Å². The van der Waals surface area contributed by atoms with Crippen LogP contribution in [-0.4, -0.2) is 24.6 Å². The van der Waals surface area contributed by atoms with E-state index in [1.54, 1.807) is 0 Å². The standard InChI is InChI=1S/C12H18O4/c1-2-11(13)15-9-8-12(14)16-10-6-4-3-5-7-10/h2,10H,1,3-9H2. The Balaban J connectivity index is 2.10. The molecule has 16 heavy (non-hydrogen) atoms. The topological polar surface area (TPSA) is 52.6 Å². The van der Waals surface area contributed by atoms with Crippen molar-refractivity contribution < 1.29 is 19.1 Å². The van der Waals surface area contributed by atoms with Crippen molar-refractivity contribution in [1.82, 2.24) is 0 Å². The Hall–Kier alpha value is -1.32. The normalized spacial score (nSPS) is 16.5. The van der Waals surface area contributed by atoms with Gasteiger partial charge in [0, 0.05) is 6.08 Å². The van der Waals surface area contributed by atoms with Gasteiger partial charge in [0.1, 0.15) is 12.7 Å². The van der Waals surface area contributed by atoms with Gasteiger partial charge in [0.15, 0.2) is 0 Å². The number of rotatable bonds is 5. The lowest BCUT2D eigenvalue weighted by atomic mass is 9.98. The van der Waals surface area contributed by atoms with Gasteiger partial charge in [0.05, 0.1) is 6.42 Å². The molecule has 0 spiro atoms. The lowest BCUT2D eigenvalue weighted by Gasteiger charge is -2.21. The fourth-order valence-electron chi connectivity index (χ4n) is 1.72. The third-order valence-corrected chi connectivity index (χ3v) is 2.57. The molecule has 0 aromatic rings. The molecule has 0 heterocycles. The summed E-state index contributed by atoms with van der Waals surface area (Å²) in [6.45, 7) is 3.33. The van der Waals surface area contributed by atoms with E-state index in [2.05, 4.69) is 6.58 Å². The Morgan fingerprint density at radius 3 is 2.56 bits per heavy atom. The molecule has 1 fully saturated rings. The molecule has 0 aliphatic heterocycles. The zero-order valence-corrected chi connectivity index (χ0v) is 9.44. The van der Waals surface area contributed by atoms with Gasteiger partial charge in [0.25, 0.3) is 0 Å². The molecule has 0 aromatic heterocycles. The van der Waals surface area contributed by atoms with Gasteiger partial charge in [-0.1, -0.05) is 13.0 Å². The SMILES string of the molecule is C=CC(=O)OCCC(=O)OC1CCCCC1. The lowest BCUT2D eigenvalue weighted by molar-refractivity contribution is -0.152. The maximum absolute atomic E-state index is 11.3. The van der Waals surface area contributed by atoms with Crippen molar-refractivity contribution in [3.05, 3.63) is 12.7 Å². The van der Waals surface area contributed by atoms with Gasteiger partial charge >= 0.3 is 11.9 Å². The molecule has 0 bridgehead atoms. The van der Waals surface area contributed by atoms with Gasteiger partial charge in [-0.15, -0.1) is 0 Å². The average molecular weight is 226 g/mol. The molecule has 0 aromatic carbocycles. The Morgan fingerprint density at radius 2 is 1.94 bits per heavy atom. The van der Waals surface area contributed by atoms with Crippen molar-refractivity contribution >= 4 is 11.9 Å². The zero-order chi connectivity index (χ0) is 11.8. The van der Waals surface area contributed by atoms with E-state index in [1.807, 2.05) is 0 Å². The smallest absolute Gasteiger partial charge is 0.330 e. The second-order valence-corrected chi connectivity index (χ2v) is 3.87. The predicted octanol–water partition coefficient (Wildman–Crippen LogP) is 1.98. The summed E-state index contributed by atoms with van der Waals surface area (Å²) in [6.07, 6.45) is 6.66. The second kappa shape index (κ2) is 7.04. The average Bonchev–Trinajstić information content (AvgIpc) is 2.30. The molecular formula is C12H18O4. The predicted molar refractivity (Wildman–Crippen MR) is 58.7 cm³/mol. The quantitative estimate of drug-likeness (QED) is 0.531. The number of esters is 2. The first-order valence-electron chi connectivity index (χ1n) is 5.71. The summed E-state index contributed by atoms with van der Waals surface area (Å²) >= 11 is 0. The molecule has 1 rings (SSSR count). The maximum atomic E-state index is 11.3. The molecule has 0 atom stereocenters. The first kappa shape index (κ1) is 12.7. The molecule has 0 unspecified atom stereocenters. The van der Waals surface area contributed by atoms with E-state index < -0.39 is 5.97 Å². The molecule has 0 amide bonds. The number of hydrogen-bond acceptors (Lipinski definition) is 4. The highest BCUT2D eigenvalue weighted by Crippen LogP contribution is 2.20. The molecule has 4 heteroatoms. The summed E-state index contributed by atoms with van der Waals surface area (Å²) in [5, 5.41) is 0. The summed E-state index contributed by atoms with van der Waals surface area (Å²) in [5.74, 6) is -0.797. The van der Waals surface area contributed by atoms with E-state index in [1.165, 1.54) is 6.42 Å². The van der Waals surface area contributed by atoms with Crippen molar-refractivity contribution in [3.63, 3.8) is 0 Å². The van der Waals surface area contributed by atoms with Gasteiger partial charge in [-0.05, 0) is 25.7 Å². The van der Waals surface area contributed by atoms with Crippen LogP contribution in [0.5, 0.6) is 0 Å². The van der Waals surface area contributed by atoms with Crippen molar-refractivity contribution in [2.45, 2.75) is 44.6 Å². The van der Waals surface area contributed by atoms with Gasteiger partial charge in [0.2, 0.25) is 0 Å². The Morgan fingerprint density at radius 1 is 1.25 bits per heavy atom. The number of hydrogen-bond donors (Lipinski definition) is 0. The molecule has 4 nitrogen and oxygen atoms in total. The third kappa shape index (κ3) is 4.96. The summed E-state index contributed by atoms with van der Waals surface area (Å²) in [7, 11) is 0. The van der Waals surface area contributed by atoms with Crippen molar-refractivity contribution in [2.24, 2.45) is 0 Å². The van der Waals surface area contributed by atoms with Crippen molar-refractivity contribution in [1.29, 1.82) is 0 Å². The summed E-state index contributed by atoms with van der Waals surface area (Å²) in [5.41, 5.74) is 0. The lowest BCUT2D eigenvalue weighted by Crippen LogP contribution is -2.21. The van der Waals surface area contributed by atoms with E-state index in [4.69, 9.17) is 9.47 Å². The van der Waals surface area contributed by atoms with E-state index in [0.717, 1.165) is 31.8 Å². The van der Waals surface area contributed by atoms with Gasteiger partial charge < -0.3 is 9.47 Å². The molecule has 1 aliphatic carbocycles. The minimum absolute atomic E-state index is 0.0659.